The summed E-state index contributed by atoms with van der Waals surface area (Å²) in [7, 11) is 0. The van der Waals surface area contributed by atoms with Crippen LogP contribution in [0, 0.1) is 11.8 Å². The molecule has 1 aromatic heterocycles. The zero-order valence-electron chi connectivity index (χ0n) is 15.7. The molecule has 0 aromatic carbocycles. The summed E-state index contributed by atoms with van der Waals surface area (Å²) in [5.41, 5.74) is -0.206. The molecule has 0 radical (unpaired) electrons. The molecule has 1 amide bonds. The second kappa shape index (κ2) is 8.17. The molecular formula is C20H25F3N2OS. The molecule has 1 saturated heterocycles. The quantitative estimate of drug-likeness (QED) is 0.677. The Morgan fingerprint density at radius 3 is 2.81 bits per heavy atom. The van der Waals surface area contributed by atoms with E-state index >= 15 is 0 Å². The Balaban J connectivity index is 1.81. The van der Waals surface area contributed by atoms with E-state index in [1.807, 2.05) is 4.90 Å². The number of aliphatic imine (C=N–C) groups is 1. The van der Waals surface area contributed by atoms with Gasteiger partial charge < -0.3 is 4.90 Å². The lowest BCUT2D eigenvalue weighted by Crippen LogP contribution is -2.39. The maximum absolute atomic E-state index is 13.3. The number of thiophene rings is 1. The number of carbonyl (C=O) groups excluding carboxylic acids is 1. The van der Waals surface area contributed by atoms with E-state index in [-0.39, 0.29) is 5.91 Å². The van der Waals surface area contributed by atoms with Crippen LogP contribution in [0.5, 0.6) is 0 Å². The van der Waals surface area contributed by atoms with Gasteiger partial charge in [0.25, 0.3) is 5.91 Å². The standard InChI is InChI=1S/C20H25F3N2OS/c1-3-14-5-4-10-25(12-14)19(26)18-7-6-17(27-18)16-11-15(20(21,22)23)13(2)8-9-24-16/h6-7,11,13-14H,3-5,8-10,12H2,1-2H3/t13?,14-/m1/s1. The summed E-state index contributed by atoms with van der Waals surface area (Å²) in [6.45, 7) is 5.59. The maximum Gasteiger partial charge on any atom is 0.413 e. The average Bonchev–Trinajstić information content (AvgIpc) is 3.04. The summed E-state index contributed by atoms with van der Waals surface area (Å²) in [6, 6.07) is 3.44. The molecule has 3 rings (SSSR count). The van der Waals surface area contributed by atoms with E-state index in [1.165, 1.54) is 11.3 Å². The second-order valence-corrected chi connectivity index (χ2v) is 8.47. The van der Waals surface area contributed by atoms with Crippen molar-refractivity contribution in [1.29, 1.82) is 0 Å². The highest BCUT2D eigenvalue weighted by Crippen LogP contribution is 2.35. The molecule has 0 aliphatic carbocycles. The van der Waals surface area contributed by atoms with Crippen LogP contribution in [0.25, 0.3) is 0 Å². The van der Waals surface area contributed by atoms with Crippen molar-refractivity contribution >= 4 is 23.0 Å². The Hall–Kier alpha value is -1.63. The van der Waals surface area contributed by atoms with Crippen molar-refractivity contribution in [1.82, 2.24) is 4.90 Å². The lowest BCUT2D eigenvalue weighted by molar-refractivity contribution is -0.0983. The number of allylic oxidation sites excluding steroid dienone is 2. The molecule has 2 atom stereocenters. The Morgan fingerprint density at radius 2 is 2.11 bits per heavy atom. The Labute approximate surface area is 162 Å². The van der Waals surface area contributed by atoms with E-state index < -0.39 is 17.7 Å². The number of hydrogen-bond donors (Lipinski definition) is 0. The lowest BCUT2D eigenvalue weighted by atomic mass is 9.95. The van der Waals surface area contributed by atoms with Gasteiger partial charge >= 0.3 is 6.18 Å². The fourth-order valence-corrected chi connectivity index (χ4v) is 4.66. The first kappa shape index (κ1) is 20.1. The van der Waals surface area contributed by atoms with Gasteiger partial charge in [0.1, 0.15) is 0 Å². The zero-order valence-corrected chi connectivity index (χ0v) is 16.5. The number of nitrogens with zero attached hydrogens (tertiary/aromatic N) is 2. The van der Waals surface area contributed by atoms with Crippen molar-refractivity contribution in [2.75, 3.05) is 19.6 Å². The summed E-state index contributed by atoms with van der Waals surface area (Å²) >= 11 is 1.24. The molecule has 2 aliphatic rings. The average molecular weight is 398 g/mol. The monoisotopic (exact) mass is 398 g/mol. The van der Waals surface area contributed by atoms with Gasteiger partial charge in [0, 0.05) is 25.2 Å². The fourth-order valence-electron chi connectivity index (χ4n) is 3.71. The van der Waals surface area contributed by atoms with Gasteiger partial charge in [0.05, 0.1) is 15.5 Å². The number of carbonyl (C=O) groups is 1. The molecule has 0 N–H and O–H groups in total. The van der Waals surface area contributed by atoms with Gasteiger partial charge in [-0.3, -0.25) is 9.79 Å². The van der Waals surface area contributed by atoms with Gasteiger partial charge in [0.2, 0.25) is 0 Å². The highest BCUT2D eigenvalue weighted by molar-refractivity contribution is 7.16. The maximum atomic E-state index is 13.3. The summed E-state index contributed by atoms with van der Waals surface area (Å²) in [5, 5.41) is 0. The zero-order chi connectivity index (χ0) is 19.6. The van der Waals surface area contributed by atoms with Crippen LogP contribution in [0.3, 0.4) is 0 Å². The van der Waals surface area contributed by atoms with Crippen LogP contribution in [0.15, 0.2) is 28.8 Å². The number of halogens is 3. The van der Waals surface area contributed by atoms with Gasteiger partial charge in [0.15, 0.2) is 0 Å². The van der Waals surface area contributed by atoms with Crippen LogP contribution < -0.4 is 0 Å². The molecule has 2 aliphatic heterocycles. The molecule has 1 aromatic rings. The Kier molecular flexibility index (Phi) is 6.08. The predicted molar refractivity (Wildman–Crippen MR) is 103 cm³/mol. The number of piperidine rings is 1. The third-order valence-corrected chi connectivity index (χ3v) is 6.54. The van der Waals surface area contributed by atoms with Gasteiger partial charge in [-0.15, -0.1) is 11.3 Å². The SMILES string of the molecule is CC[C@@H]1CCCN(C(=O)c2ccc(C3=NCCC(C)C(C(F)(F)F)=C3)s2)C1. The van der Waals surface area contributed by atoms with Crippen molar-refractivity contribution in [3.05, 3.63) is 33.5 Å². The summed E-state index contributed by atoms with van der Waals surface area (Å²) in [4.78, 5) is 20.2. The first-order valence-corrected chi connectivity index (χ1v) is 10.3. The number of likely N-dealkylation sites (tertiary alicyclic amines) is 1. The van der Waals surface area contributed by atoms with Crippen LogP contribution in [-0.4, -0.2) is 42.3 Å². The van der Waals surface area contributed by atoms with Gasteiger partial charge in [-0.05, 0) is 49.3 Å². The molecule has 1 fully saturated rings. The van der Waals surface area contributed by atoms with Crippen molar-refractivity contribution in [2.24, 2.45) is 16.8 Å². The van der Waals surface area contributed by atoms with Crippen molar-refractivity contribution < 1.29 is 18.0 Å². The van der Waals surface area contributed by atoms with Crippen molar-refractivity contribution in [2.45, 2.75) is 45.7 Å². The molecular weight excluding hydrogens is 373 g/mol. The molecule has 1 unspecified atom stereocenters. The molecule has 0 saturated carbocycles. The predicted octanol–water partition coefficient (Wildman–Crippen LogP) is 5.33. The molecule has 3 heterocycles. The van der Waals surface area contributed by atoms with E-state index in [0.29, 0.717) is 34.3 Å². The first-order chi connectivity index (χ1) is 12.8. The minimum atomic E-state index is -4.36. The van der Waals surface area contributed by atoms with Gasteiger partial charge in [-0.2, -0.15) is 13.2 Å². The van der Waals surface area contributed by atoms with Crippen molar-refractivity contribution in [3.63, 3.8) is 0 Å². The molecule has 27 heavy (non-hydrogen) atoms. The highest BCUT2D eigenvalue weighted by atomic mass is 32.1. The first-order valence-electron chi connectivity index (χ1n) is 9.52. The number of hydrogen-bond acceptors (Lipinski definition) is 3. The van der Waals surface area contributed by atoms with Gasteiger partial charge in [-0.1, -0.05) is 20.3 Å². The largest absolute Gasteiger partial charge is 0.413 e. The van der Waals surface area contributed by atoms with Crippen LogP contribution in [0.4, 0.5) is 13.2 Å². The van der Waals surface area contributed by atoms with E-state index in [2.05, 4.69) is 11.9 Å². The van der Waals surface area contributed by atoms with E-state index in [0.717, 1.165) is 38.4 Å². The molecule has 7 heteroatoms. The Bertz CT molecular complexity index is 751. The summed E-state index contributed by atoms with van der Waals surface area (Å²) in [6.07, 6.45) is 0.383. The fraction of sp³-hybridized carbons (Fsp3) is 0.600. The topological polar surface area (TPSA) is 32.7 Å². The van der Waals surface area contributed by atoms with Crippen LogP contribution in [0.1, 0.15) is 54.1 Å². The molecule has 0 bridgehead atoms. The van der Waals surface area contributed by atoms with Gasteiger partial charge in [-0.25, -0.2) is 0 Å². The molecule has 0 spiro atoms. The number of rotatable bonds is 3. The number of alkyl halides is 3. The third kappa shape index (κ3) is 4.62. The second-order valence-electron chi connectivity index (χ2n) is 7.39. The number of amides is 1. The smallest absolute Gasteiger partial charge is 0.338 e. The van der Waals surface area contributed by atoms with E-state index in [9.17, 15) is 18.0 Å². The molecule has 3 nitrogen and oxygen atoms in total. The normalized spacial score (nSPS) is 24.3. The minimum absolute atomic E-state index is 0.0213. The molecule has 148 valence electrons. The lowest BCUT2D eigenvalue weighted by Gasteiger charge is -2.32. The third-order valence-electron chi connectivity index (χ3n) is 5.45. The Morgan fingerprint density at radius 1 is 1.33 bits per heavy atom. The van der Waals surface area contributed by atoms with Crippen LogP contribution in [0.2, 0.25) is 0 Å². The summed E-state index contributed by atoms with van der Waals surface area (Å²) in [5.74, 6) is -0.0641. The highest BCUT2D eigenvalue weighted by Gasteiger charge is 2.38. The van der Waals surface area contributed by atoms with Crippen LogP contribution in [-0.2, 0) is 0 Å². The van der Waals surface area contributed by atoms with E-state index in [4.69, 9.17) is 0 Å². The minimum Gasteiger partial charge on any atom is -0.338 e. The van der Waals surface area contributed by atoms with Crippen molar-refractivity contribution in [3.8, 4) is 0 Å². The van der Waals surface area contributed by atoms with Crippen LogP contribution >= 0.6 is 11.3 Å². The summed E-state index contributed by atoms with van der Waals surface area (Å²) < 4.78 is 40.0. The van der Waals surface area contributed by atoms with E-state index in [1.54, 1.807) is 19.1 Å².